The van der Waals surface area contributed by atoms with Gasteiger partial charge in [-0.3, -0.25) is 4.99 Å². The molecular formula is C21H32IN5O. The van der Waals surface area contributed by atoms with Crippen molar-refractivity contribution in [1.29, 1.82) is 0 Å². The van der Waals surface area contributed by atoms with Gasteiger partial charge in [0, 0.05) is 38.4 Å². The molecule has 0 radical (unpaired) electrons. The molecule has 1 fully saturated rings. The zero-order chi connectivity index (χ0) is 19.1. The van der Waals surface area contributed by atoms with E-state index >= 15 is 0 Å². The van der Waals surface area contributed by atoms with Crippen molar-refractivity contribution in [2.24, 2.45) is 10.9 Å². The number of rotatable bonds is 6. The number of piperidine rings is 1. The number of imidazole rings is 1. The Morgan fingerprint density at radius 3 is 2.82 bits per heavy atom. The van der Waals surface area contributed by atoms with Gasteiger partial charge in [-0.15, -0.1) is 24.0 Å². The molecule has 3 unspecified atom stereocenters. The molecule has 1 aromatic carbocycles. The van der Waals surface area contributed by atoms with Crippen molar-refractivity contribution >= 4 is 29.9 Å². The first-order chi connectivity index (χ1) is 13.2. The normalized spacial score (nSPS) is 21.1. The molecule has 7 heteroatoms. The fourth-order valence-electron chi connectivity index (χ4n) is 3.66. The van der Waals surface area contributed by atoms with Crippen LogP contribution in [0.3, 0.4) is 0 Å². The third-order valence-electron chi connectivity index (χ3n) is 5.23. The lowest BCUT2D eigenvalue weighted by atomic mass is 9.93. The fraction of sp³-hybridized carbons (Fsp3) is 0.524. The minimum Gasteiger partial charge on any atom is -0.391 e. The first-order valence-electron chi connectivity index (χ1n) is 9.90. The highest BCUT2D eigenvalue weighted by Gasteiger charge is 2.28. The highest BCUT2D eigenvalue weighted by molar-refractivity contribution is 14.0. The van der Waals surface area contributed by atoms with Gasteiger partial charge in [0.15, 0.2) is 5.96 Å². The molecule has 3 rings (SSSR count). The molecule has 2 aromatic rings. The number of nitrogens with one attached hydrogen (secondary N) is 1. The van der Waals surface area contributed by atoms with E-state index < -0.39 is 6.10 Å². The van der Waals surface area contributed by atoms with Crippen LogP contribution in [0.15, 0.2) is 54.0 Å². The van der Waals surface area contributed by atoms with Crippen LogP contribution in [0.2, 0.25) is 0 Å². The Balaban J connectivity index is 0.00000280. The molecule has 1 aliphatic rings. The predicted molar refractivity (Wildman–Crippen MR) is 124 cm³/mol. The maximum absolute atomic E-state index is 10.4. The third kappa shape index (κ3) is 6.20. The van der Waals surface area contributed by atoms with E-state index in [1.54, 1.807) is 0 Å². The third-order valence-corrected chi connectivity index (χ3v) is 5.23. The Morgan fingerprint density at radius 2 is 2.14 bits per heavy atom. The smallest absolute Gasteiger partial charge is 0.194 e. The van der Waals surface area contributed by atoms with Gasteiger partial charge in [0.1, 0.15) is 0 Å². The van der Waals surface area contributed by atoms with Crippen LogP contribution >= 0.6 is 24.0 Å². The van der Waals surface area contributed by atoms with Gasteiger partial charge in [0.05, 0.1) is 25.0 Å². The second-order valence-corrected chi connectivity index (χ2v) is 7.33. The fourth-order valence-corrected chi connectivity index (χ4v) is 3.66. The summed E-state index contributed by atoms with van der Waals surface area (Å²) in [5, 5.41) is 13.8. The molecule has 0 spiro atoms. The van der Waals surface area contributed by atoms with Crippen molar-refractivity contribution in [3.63, 3.8) is 0 Å². The Morgan fingerprint density at radius 1 is 1.36 bits per heavy atom. The van der Waals surface area contributed by atoms with E-state index in [4.69, 9.17) is 4.99 Å². The van der Waals surface area contributed by atoms with Gasteiger partial charge in [0.2, 0.25) is 0 Å². The summed E-state index contributed by atoms with van der Waals surface area (Å²) in [5.41, 5.74) is 1.14. The summed E-state index contributed by atoms with van der Waals surface area (Å²) >= 11 is 0. The zero-order valence-electron chi connectivity index (χ0n) is 16.7. The minimum absolute atomic E-state index is 0. The molecule has 0 bridgehead atoms. The number of hydrogen-bond acceptors (Lipinski definition) is 3. The first kappa shape index (κ1) is 22.7. The standard InChI is InChI=1S/C21H31N5O.HI/c1-3-23-21(24-14-19(27)13-18-7-5-4-6-8-18)25-11-9-17(2)20(15-25)26-12-10-22-16-26;/h4-8,10,12,16-17,19-20,27H,3,9,11,13-15H2,1-2H3,(H,23,24);1H. The SMILES string of the molecule is CCNC(=NCC(O)Cc1ccccc1)N1CCC(C)C(n2ccnc2)C1.I. The summed E-state index contributed by atoms with van der Waals surface area (Å²) < 4.78 is 2.20. The van der Waals surface area contributed by atoms with Crippen LogP contribution in [-0.4, -0.2) is 57.8 Å². The van der Waals surface area contributed by atoms with Gasteiger partial charge >= 0.3 is 0 Å². The number of halogens is 1. The van der Waals surface area contributed by atoms with E-state index in [1.165, 1.54) is 0 Å². The lowest BCUT2D eigenvalue weighted by molar-refractivity contribution is 0.177. The molecule has 0 saturated carbocycles. The molecule has 2 heterocycles. The van der Waals surface area contributed by atoms with E-state index in [0.717, 1.165) is 37.6 Å². The van der Waals surface area contributed by atoms with Gasteiger partial charge in [-0.1, -0.05) is 37.3 Å². The average Bonchev–Trinajstić information content (AvgIpc) is 3.21. The molecule has 1 saturated heterocycles. The van der Waals surface area contributed by atoms with Crippen molar-refractivity contribution < 1.29 is 5.11 Å². The van der Waals surface area contributed by atoms with Crippen LogP contribution < -0.4 is 5.32 Å². The van der Waals surface area contributed by atoms with Crippen molar-refractivity contribution in [2.45, 2.75) is 38.8 Å². The van der Waals surface area contributed by atoms with Crippen molar-refractivity contribution in [2.75, 3.05) is 26.2 Å². The number of aliphatic hydroxyl groups is 1. The summed E-state index contributed by atoms with van der Waals surface area (Å²) in [4.78, 5) is 11.2. The van der Waals surface area contributed by atoms with Crippen LogP contribution in [0.5, 0.6) is 0 Å². The van der Waals surface area contributed by atoms with E-state index in [1.807, 2.05) is 49.1 Å². The van der Waals surface area contributed by atoms with Crippen LogP contribution in [0.4, 0.5) is 0 Å². The van der Waals surface area contributed by atoms with E-state index in [0.29, 0.717) is 24.9 Å². The Bertz CT molecular complexity index is 707. The van der Waals surface area contributed by atoms with Gasteiger partial charge in [-0.2, -0.15) is 0 Å². The van der Waals surface area contributed by atoms with Crippen LogP contribution in [0, 0.1) is 5.92 Å². The molecule has 1 aromatic heterocycles. The Kier molecular flexibility index (Phi) is 9.24. The number of aliphatic hydroxyl groups excluding tert-OH is 1. The zero-order valence-corrected chi connectivity index (χ0v) is 19.1. The number of nitrogens with zero attached hydrogens (tertiary/aromatic N) is 4. The largest absolute Gasteiger partial charge is 0.391 e. The van der Waals surface area contributed by atoms with Crippen LogP contribution in [0.25, 0.3) is 0 Å². The quantitative estimate of drug-likeness (QED) is 0.366. The number of likely N-dealkylation sites (tertiary alicyclic amines) is 1. The van der Waals surface area contributed by atoms with Gasteiger partial charge in [0.25, 0.3) is 0 Å². The van der Waals surface area contributed by atoms with Crippen LogP contribution in [0.1, 0.15) is 31.9 Å². The van der Waals surface area contributed by atoms with Gasteiger partial charge in [-0.25, -0.2) is 4.98 Å². The van der Waals surface area contributed by atoms with E-state index in [-0.39, 0.29) is 24.0 Å². The molecule has 154 valence electrons. The van der Waals surface area contributed by atoms with Gasteiger partial charge in [-0.05, 0) is 24.8 Å². The van der Waals surface area contributed by atoms with Gasteiger partial charge < -0.3 is 19.9 Å². The van der Waals surface area contributed by atoms with Crippen molar-refractivity contribution in [3.05, 3.63) is 54.6 Å². The van der Waals surface area contributed by atoms with E-state index in [2.05, 4.69) is 33.6 Å². The first-order valence-corrected chi connectivity index (χ1v) is 9.90. The van der Waals surface area contributed by atoms with E-state index in [9.17, 15) is 5.11 Å². The number of aromatic nitrogens is 2. The summed E-state index contributed by atoms with van der Waals surface area (Å²) in [6, 6.07) is 10.5. The second kappa shape index (κ2) is 11.4. The molecule has 3 atom stereocenters. The Hall–Kier alpha value is -1.61. The molecule has 6 nitrogen and oxygen atoms in total. The topological polar surface area (TPSA) is 65.7 Å². The lowest BCUT2D eigenvalue weighted by Crippen LogP contribution is -2.49. The molecule has 28 heavy (non-hydrogen) atoms. The lowest BCUT2D eigenvalue weighted by Gasteiger charge is -2.39. The summed E-state index contributed by atoms with van der Waals surface area (Å²) in [5.74, 6) is 1.49. The monoisotopic (exact) mass is 497 g/mol. The summed E-state index contributed by atoms with van der Waals surface area (Å²) in [6.07, 6.45) is 7.04. The highest BCUT2D eigenvalue weighted by atomic mass is 127. The molecular weight excluding hydrogens is 465 g/mol. The number of benzene rings is 1. The van der Waals surface area contributed by atoms with Crippen molar-refractivity contribution in [3.8, 4) is 0 Å². The Labute approximate surface area is 185 Å². The molecule has 0 aliphatic carbocycles. The van der Waals surface area contributed by atoms with Crippen molar-refractivity contribution in [1.82, 2.24) is 19.8 Å². The molecule has 1 aliphatic heterocycles. The maximum atomic E-state index is 10.4. The predicted octanol–water partition coefficient (Wildman–Crippen LogP) is 2.95. The maximum Gasteiger partial charge on any atom is 0.194 e. The number of aliphatic imine (C=N–C) groups is 1. The summed E-state index contributed by atoms with van der Waals surface area (Å²) in [7, 11) is 0. The highest BCUT2D eigenvalue weighted by Crippen LogP contribution is 2.27. The number of guanidine groups is 1. The molecule has 2 N–H and O–H groups in total. The minimum atomic E-state index is -0.478. The number of hydrogen-bond donors (Lipinski definition) is 2. The van der Waals surface area contributed by atoms with Crippen LogP contribution in [-0.2, 0) is 6.42 Å². The second-order valence-electron chi connectivity index (χ2n) is 7.33. The molecule has 0 amide bonds. The summed E-state index contributed by atoms with van der Waals surface area (Å²) in [6.45, 7) is 7.48. The average molecular weight is 497 g/mol.